The molecule has 2 aromatic carbocycles. The fourth-order valence-corrected chi connectivity index (χ4v) is 9.51. The van der Waals surface area contributed by atoms with E-state index in [0.717, 1.165) is 80.3 Å². The molecular weight excluding hydrogens is 795 g/mol. The summed E-state index contributed by atoms with van der Waals surface area (Å²) in [6, 6.07) is 13.9. The second-order valence-corrected chi connectivity index (χ2v) is 17.2. The standard InChI is InChI=1S/C46H52F2N10O4/c1-29-28-62-30(2)25-56(29)40-17-19-57-44(51-40)38(24-49-57)46(61)50-39-27-58(53-42(39)43(47)48)33-13-11-31(12-14-33)26-55-22-20-54(21-23-55)18-5-7-32-6-3-9-35-34(32)8-4-10-36(35)37-15-16-41(59)52-45(37)60/h3-4,6,8-10,17,19,24,27,29-31,33,37,43H,11-16,18,20-23,25-26,28H2,1-2H3,(H,50,61)(H,52,59,60)/t29-,30?,31?,33?,37?/m1/s1. The molecule has 3 amide bonds. The number of imide groups is 1. The van der Waals surface area contributed by atoms with E-state index < -0.39 is 18.0 Å². The molecule has 0 bridgehead atoms. The predicted octanol–water partition coefficient (Wildman–Crippen LogP) is 5.80. The van der Waals surface area contributed by atoms with Crippen molar-refractivity contribution in [2.24, 2.45) is 5.92 Å². The van der Waals surface area contributed by atoms with Crippen LogP contribution in [-0.4, -0.2) is 116 Å². The molecule has 3 aromatic heterocycles. The summed E-state index contributed by atoms with van der Waals surface area (Å²) >= 11 is 0. The normalized spacial score (nSPS) is 24.0. The molecular formula is C46H52F2N10O4. The maximum atomic E-state index is 14.3. The van der Waals surface area contributed by atoms with Crippen molar-refractivity contribution >= 4 is 45.6 Å². The first-order valence-electron chi connectivity index (χ1n) is 21.8. The summed E-state index contributed by atoms with van der Waals surface area (Å²) in [4.78, 5) is 49.7. The highest BCUT2D eigenvalue weighted by Crippen LogP contribution is 2.36. The van der Waals surface area contributed by atoms with E-state index in [1.165, 1.54) is 10.7 Å². The fraction of sp³-hybridized carbons (Fsp3) is 0.478. The SMILES string of the molecule is CC1CN(c2ccn3ncc(C(=O)Nc4cn(C5CCC(CN6CCN(CC#Cc7cccc8c(C9CCC(=O)NC9=O)cccc78)CC6)CC5)nc4C(F)F)c3n2)[C@H](C)CO1. The minimum absolute atomic E-state index is 0.00292. The van der Waals surface area contributed by atoms with Crippen LogP contribution in [-0.2, 0) is 14.3 Å². The molecule has 2 N–H and O–H groups in total. The van der Waals surface area contributed by atoms with Crippen molar-refractivity contribution in [3.05, 3.63) is 83.4 Å². The molecule has 62 heavy (non-hydrogen) atoms. The lowest BCUT2D eigenvalue weighted by atomic mass is 9.85. The molecule has 4 fully saturated rings. The van der Waals surface area contributed by atoms with E-state index in [-0.39, 0.29) is 47.2 Å². The summed E-state index contributed by atoms with van der Waals surface area (Å²) in [5.41, 5.74) is 1.94. The number of ether oxygens (including phenoxy) is 1. The predicted molar refractivity (Wildman–Crippen MR) is 230 cm³/mol. The minimum Gasteiger partial charge on any atom is -0.375 e. The Balaban J connectivity index is 0.765. The number of carbonyl (C=O) groups is 3. The summed E-state index contributed by atoms with van der Waals surface area (Å²) in [6.45, 7) is 10.7. The van der Waals surface area contributed by atoms with E-state index in [0.29, 0.717) is 49.9 Å². The van der Waals surface area contributed by atoms with E-state index in [4.69, 9.17) is 9.72 Å². The molecule has 324 valence electrons. The van der Waals surface area contributed by atoms with Crippen LogP contribution in [0.5, 0.6) is 0 Å². The summed E-state index contributed by atoms with van der Waals surface area (Å²) in [5.74, 6) is 6.60. The first-order chi connectivity index (χ1) is 30.1. The van der Waals surface area contributed by atoms with E-state index in [1.807, 2.05) is 49.4 Å². The van der Waals surface area contributed by atoms with Gasteiger partial charge in [-0.1, -0.05) is 42.2 Å². The summed E-state index contributed by atoms with van der Waals surface area (Å²) < 4.78 is 37.5. The number of benzene rings is 2. The molecule has 3 atom stereocenters. The number of alkyl halides is 2. The van der Waals surface area contributed by atoms with Crippen LogP contribution in [0, 0.1) is 17.8 Å². The molecule has 5 aromatic rings. The van der Waals surface area contributed by atoms with Crippen molar-refractivity contribution in [1.29, 1.82) is 0 Å². The van der Waals surface area contributed by atoms with Gasteiger partial charge in [0.2, 0.25) is 11.8 Å². The van der Waals surface area contributed by atoms with Gasteiger partial charge in [0.25, 0.3) is 12.3 Å². The van der Waals surface area contributed by atoms with E-state index >= 15 is 0 Å². The van der Waals surface area contributed by atoms with E-state index in [1.54, 1.807) is 17.1 Å². The van der Waals surface area contributed by atoms with E-state index in [9.17, 15) is 23.2 Å². The largest absolute Gasteiger partial charge is 0.375 e. The lowest BCUT2D eigenvalue weighted by Gasteiger charge is -2.37. The Hall–Kier alpha value is -5.76. The highest BCUT2D eigenvalue weighted by Gasteiger charge is 2.31. The fourth-order valence-electron chi connectivity index (χ4n) is 9.51. The molecule has 0 spiro atoms. The minimum atomic E-state index is -2.86. The Kier molecular flexibility index (Phi) is 12.0. The van der Waals surface area contributed by atoms with Crippen molar-refractivity contribution in [3.63, 3.8) is 0 Å². The number of anilines is 2. The summed E-state index contributed by atoms with van der Waals surface area (Å²) in [6.07, 6.45) is 6.30. The van der Waals surface area contributed by atoms with Gasteiger partial charge in [-0.05, 0) is 80.3 Å². The molecule has 3 saturated heterocycles. The number of fused-ring (bicyclic) bond motifs is 2. The quantitative estimate of drug-likeness (QED) is 0.138. The Bertz CT molecular complexity index is 2530. The molecule has 2 unspecified atom stereocenters. The number of morpholine rings is 1. The second-order valence-electron chi connectivity index (χ2n) is 17.2. The third kappa shape index (κ3) is 8.79. The van der Waals surface area contributed by atoms with Gasteiger partial charge < -0.3 is 19.9 Å². The number of hydrogen-bond donors (Lipinski definition) is 2. The van der Waals surface area contributed by atoms with Gasteiger partial charge in [0.15, 0.2) is 11.3 Å². The van der Waals surface area contributed by atoms with Crippen LogP contribution >= 0.6 is 0 Å². The van der Waals surface area contributed by atoms with Gasteiger partial charge in [-0.3, -0.25) is 29.3 Å². The first kappa shape index (κ1) is 41.6. The zero-order chi connectivity index (χ0) is 42.9. The van der Waals surface area contributed by atoms with Crippen molar-refractivity contribution < 1.29 is 27.9 Å². The van der Waals surface area contributed by atoms with Crippen LogP contribution in [0.3, 0.4) is 0 Å². The Labute approximate surface area is 358 Å². The molecule has 9 rings (SSSR count). The average molecular weight is 847 g/mol. The third-order valence-electron chi connectivity index (χ3n) is 13.0. The van der Waals surface area contributed by atoms with Crippen LogP contribution in [0.25, 0.3) is 16.4 Å². The van der Waals surface area contributed by atoms with Crippen LogP contribution < -0.4 is 15.5 Å². The van der Waals surface area contributed by atoms with Gasteiger partial charge in [0, 0.05) is 63.6 Å². The number of nitrogens with zero attached hydrogens (tertiary/aromatic N) is 8. The maximum Gasteiger partial charge on any atom is 0.284 e. The van der Waals surface area contributed by atoms with Gasteiger partial charge in [-0.25, -0.2) is 18.3 Å². The van der Waals surface area contributed by atoms with Gasteiger partial charge >= 0.3 is 0 Å². The molecule has 14 nitrogen and oxygen atoms in total. The molecule has 16 heteroatoms. The van der Waals surface area contributed by atoms with E-state index in [2.05, 4.69) is 54.3 Å². The maximum absolute atomic E-state index is 14.3. The van der Waals surface area contributed by atoms with Crippen molar-refractivity contribution in [2.45, 2.75) is 82.9 Å². The number of piperazine rings is 1. The highest BCUT2D eigenvalue weighted by atomic mass is 19.3. The number of nitrogens with one attached hydrogen (secondary N) is 2. The number of halogens is 2. The van der Waals surface area contributed by atoms with Crippen molar-refractivity contribution in [2.75, 3.05) is 62.6 Å². The molecule has 6 heterocycles. The van der Waals surface area contributed by atoms with Crippen molar-refractivity contribution in [3.8, 4) is 11.8 Å². The van der Waals surface area contributed by atoms with Gasteiger partial charge in [-0.15, -0.1) is 0 Å². The molecule has 4 aliphatic rings. The van der Waals surface area contributed by atoms with Gasteiger partial charge in [-0.2, -0.15) is 10.2 Å². The van der Waals surface area contributed by atoms with Gasteiger partial charge in [0.05, 0.1) is 49.1 Å². The molecule has 1 aliphatic carbocycles. The lowest BCUT2D eigenvalue weighted by molar-refractivity contribution is -0.134. The Morgan fingerprint density at radius 3 is 2.55 bits per heavy atom. The number of hydrogen-bond acceptors (Lipinski definition) is 10. The number of rotatable bonds is 9. The molecule has 1 saturated carbocycles. The average Bonchev–Trinajstić information content (AvgIpc) is 3.90. The number of carbonyl (C=O) groups excluding carboxylic acids is 3. The molecule has 3 aliphatic heterocycles. The highest BCUT2D eigenvalue weighted by molar-refractivity contribution is 6.08. The zero-order valence-corrected chi connectivity index (χ0v) is 35.1. The van der Waals surface area contributed by atoms with Crippen LogP contribution in [0.2, 0.25) is 0 Å². The van der Waals surface area contributed by atoms with Crippen LogP contribution in [0.1, 0.15) is 97.9 Å². The first-order valence-corrected chi connectivity index (χ1v) is 21.8. The lowest BCUT2D eigenvalue weighted by Crippen LogP contribution is -2.48. The zero-order valence-electron chi connectivity index (χ0n) is 35.1. The monoisotopic (exact) mass is 846 g/mol. The van der Waals surface area contributed by atoms with Crippen LogP contribution in [0.15, 0.2) is 61.1 Å². The van der Waals surface area contributed by atoms with Crippen molar-refractivity contribution in [1.82, 2.24) is 39.5 Å². The number of piperidine rings is 1. The topological polar surface area (TPSA) is 142 Å². The second kappa shape index (κ2) is 17.9. The Morgan fingerprint density at radius 2 is 1.76 bits per heavy atom. The molecule has 0 radical (unpaired) electrons. The Morgan fingerprint density at radius 1 is 0.984 bits per heavy atom. The number of amides is 3. The van der Waals surface area contributed by atoms with Gasteiger partial charge in [0.1, 0.15) is 11.4 Å². The summed E-state index contributed by atoms with van der Waals surface area (Å²) in [7, 11) is 0. The smallest absolute Gasteiger partial charge is 0.284 e. The third-order valence-corrected chi connectivity index (χ3v) is 13.0. The summed E-state index contributed by atoms with van der Waals surface area (Å²) in [5, 5.41) is 15.8. The van der Waals surface area contributed by atoms with Crippen LogP contribution in [0.4, 0.5) is 20.3 Å². The number of aromatic nitrogens is 5.